The van der Waals surface area contributed by atoms with Crippen molar-refractivity contribution in [2.45, 2.75) is 18.4 Å². The lowest BCUT2D eigenvalue weighted by molar-refractivity contribution is 0.259. The van der Waals surface area contributed by atoms with Crippen molar-refractivity contribution in [3.05, 3.63) is 87.2 Å². The average Bonchev–Trinajstić information content (AvgIpc) is 2.79. The summed E-state index contributed by atoms with van der Waals surface area (Å²) >= 11 is 1.00. The van der Waals surface area contributed by atoms with E-state index < -0.39 is 11.6 Å². The van der Waals surface area contributed by atoms with Gasteiger partial charge in [0.15, 0.2) is 0 Å². The van der Waals surface area contributed by atoms with Gasteiger partial charge in [-0.15, -0.1) is 0 Å². The molecule has 8 nitrogen and oxygen atoms in total. The first-order valence-electron chi connectivity index (χ1n) is 9.36. The van der Waals surface area contributed by atoms with Crippen molar-refractivity contribution in [3.8, 4) is 17.4 Å². The van der Waals surface area contributed by atoms with Crippen LogP contribution in [-0.4, -0.2) is 21.9 Å². The number of benzene rings is 2. The minimum Gasteiger partial charge on any atom is -0.494 e. The van der Waals surface area contributed by atoms with Crippen LogP contribution in [0.15, 0.2) is 69.3 Å². The SMILES string of the molecule is Cc1c(C=NC(=O)Nc2ccc(SC#N)cc2)c(O)n(Cc2ccccc2)c(=O)c1C#N. The van der Waals surface area contributed by atoms with Gasteiger partial charge in [0.2, 0.25) is 5.88 Å². The van der Waals surface area contributed by atoms with E-state index in [9.17, 15) is 20.0 Å². The molecular formula is C23H17N5O3S. The van der Waals surface area contributed by atoms with E-state index in [0.29, 0.717) is 5.69 Å². The Kier molecular flexibility index (Phi) is 7.06. The zero-order chi connectivity index (χ0) is 23.1. The van der Waals surface area contributed by atoms with E-state index in [-0.39, 0.29) is 29.1 Å². The van der Waals surface area contributed by atoms with Crippen LogP contribution in [-0.2, 0) is 6.54 Å². The van der Waals surface area contributed by atoms with Crippen molar-refractivity contribution in [2.75, 3.05) is 5.32 Å². The number of aromatic nitrogens is 1. The minimum atomic E-state index is -0.705. The molecule has 1 heterocycles. The fourth-order valence-electron chi connectivity index (χ4n) is 2.98. The normalized spacial score (nSPS) is 10.5. The Hall–Kier alpha value is -4.34. The Morgan fingerprint density at radius 3 is 2.50 bits per heavy atom. The first kappa shape index (κ1) is 22.3. The number of hydrogen-bond donors (Lipinski definition) is 2. The van der Waals surface area contributed by atoms with Gasteiger partial charge in [-0.1, -0.05) is 30.3 Å². The molecule has 0 aliphatic carbocycles. The summed E-state index contributed by atoms with van der Waals surface area (Å²) in [7, 11) is 0. The highest BCUT2D eigenvalue weighted by Crippen LogP contribution is 2.22. The van der Waals surface area contributed by atoms with E-state index in [1.54, 1.807) is 48.5 Å². The molecule has 0 fully saturated rings. The molecule has 32 heavy (non-hydrogen) atoms. The van der Waals surface area contributed by atoms with Crippen molar-refractivity contribution >= 4 is 29.7 Å². The number of aliphatic imine (C=N–C) groups is 1. The second-order valence-electron chi connectivity index (χ2n) is 6.63. The molecule has 0 spiro atoms. The molecule has 2 N–H and O–H groups in total. The van der Waals surface area contributed by atoms with Crippen LogP contribution in [0.2, 0.25) is 0 Å². The lowest BCUT2D eigenvalue weighted by Crippen LogP contribution is -2.26. The molecule has 3 rings (SSSR count). The number of nitrogens with zero attached hydrogens (tertiary/aromatic N) is 4. The number of pyridine rings is 1. The molecule has 2 amide bonds. The topological polar surface area (TPSA) is 131 Å². The Morgan fingerprint density at radius 1 is 1.19 bits per heavy atom. The highest BCUT2D eigenvalue weighted by molar-refractivity contribution is 8.03. The number of nitrogens with one attached hydrogen (secondary N) is 1. The molecule has 0 atom stereocenters. The van der Waals surface area contributed by atoms with Gasteiger partial charge in [0.1, 0.15) is 17.0 Å². The number of amides is 2. The van der Waals surface area contributed by atoms with Crippen molar-refractivity contribution in [1.29, 1.82) is 10.5 Å². The third-order valence-corrected chi connectivity index (χ3v) is 5.21. The molecule has 0 saturated carbocycles. The van der Waals surface area contributed by atoms with E-state index in [1.807, 2.05) is 17.5 Å². The maximum absolute atomic E-state index is 12.7. The van der Waals surface area contributed by atoms with Crippen LogP contribution < -0.4 is 10.9 Å². The maximum Gasteiger partial charge on any atom is 0.345 e. The van der Waals surface area contributed by atoms with E-state index in [2.05, 4.69) is 10.3 Å². The highest BCUT2D eigenvalue weighted by Gasteiger charge is 2.18. The summed E-state index contributed by atoms with van der Waals surface area (Å²) in [5.74, 6) is -0.384. The number of carbonyl (C=O) groups is 1. The van der Waals surface area contributed by atoms with E-state index in [0.717, 1.165) is 33.0 Å². The fraction of sp³-hybridized carbons (Fsp3) is 0.0870. The lowest BCUT2D eigenvalue weighted by atomic mass is 10.1. The number of thiocyanates is 1. The van der Waals surface area contributed by atoms with Gasteiger partial charge < -0.3 is 10.4 Å². The number of anilines is 1. The van der Waals surface area contributed by atoms with Crippen LogP contribution in [0.3, 0.4) is 0 Å². The van der Waals surface area contributed by atoms with Crippen LogP contribution in [0.4, 0.5) is 10.5 Å². The van der Waals surface area contributed by atoms with Gasteiger partial charge in [0.05, 0.1) is 12.1 Å². The van der Waals surface area contributed by atoms with Crippen LogP contribution in [0.5, 0.6) is 5.88 Å². The smallest absolute Gasteiger partial charge is 0.345 e. The van der Waals surface area contributed by atoms with Gasteiger partial charge >= 0.3 is 6.03 Å². The Labute approximate surface area is 188 Å². The van der Waals surface area contributed by atoms with Crippen LogP contribution >= 0.6 is 11.8 Å². The van der Waals surface area contributed by atoms with Gasteiger partial charge in [-0.25, -0.2) is 9.79 Å². The van der Waals surface area contributed by atoms with E-state index in [4.69, 9.17) is 5.26 Å². The standard InChI is InChI=1S/C23H17N5O3S/c1-15-19(11-24)21(29)28(13-16-5-3-2-4-6-16)22(30)20(15)12-26-23(31)27-17-7-9-18(10-8-17)32-14-25/h2-10,12,30H,13H2,1H3,(H,27,31). The largest absolute Gasteiger partial charge is 0.494 e. The molecule has 1 aromatic heterocycles. The van der Waals surface area contributed by atoms with Crippen LogP contribution in [0.25, 0.3) is 0 Å². The predicted molar refractivity (Wildman–Crippen MR) is 122 cm³/mol. The quantitative estimate of drug-likeness (QED) is 0.348. The van der Waals surface area contributed by atoms with Crippen molar-refractivity contribution in [3.63, 3.8) is 0 Å². The highest BCUT2D eigenvalue weighted by atomic mass is 32.2. The fourth-order valence-corrected chi connectivity index (χ4v) is 3.35. The Bertz CT molecular complexity index is 1320. The summed E-state index contributed by atoms with van der Waals surface area (Å²) in [6.45, 7) is 1.57. The zero-order valence-corrected chi connectivity index (χ0v) is 17.8. The monoisotopic (exact) mass is 443 g/mol. The van der Waals surface area contributed by atoms with Crippen molar-refractivity contribution in [2.24, 2.45) is 4.99 Å². The van der Waals surface area contributed by atoms with Gasteiger partial charge in [0.25, 0.3) is 5.56 Å². The van der Waals surface area contributed by atoms with Crippen molar-refractivity contribution in [1.82, 2.24) is 4.57 Å². The number of rotatable bonds is 5. The molecule has 0 aliphatic rings. The third-order valence-electron chi connectivity index (χ3n) is 4.61. The summed E-state index contributed by atoms with van der Waals surface area (Å²) < 4.78 is 1.08. The summed E-state index contributed by atoms with van der Waals surface area (Å²) in [4.78, 5) is 29.5. The van der Waals surface area contributed by atoms with Gasteiger partial charge in [-0.2, -0.15) is 10.5 Å². The van der Waals surface area contributed by atoms with Gasteiger partial charge in [0, 0.05) is 16.8 Å². The zero-order valence-electron chi connectivity index (χ0n) is 16.9. The molecule has 3 aromatic rings. The summed E-state index contributed by atoms with van der Waals surface area (Å²) in [6, 6.07) is 16.8. The molecule has 0 saturated heterocycles. The van der Waals surface area contributed by atoms with Crippen LogP contribution in [0.1, 0.15) is 22.3 Å². The Balaban J connectivity index is 1.89. The lowest BCUT2D eigenvalue weighted by Gasteiger charge is -2.14. The predicted octanol–water partition coefficient (Wildman–Crippen LogP) is 4.01. The maximum atomic E-state index is 12.7. The first-order valence-corrected chi connectivity index (χ1v) is 10.2. The molecular weight excluding hydrogens is 426 g/mol. The number of nitriles is 2. The number of thioether (sulfide) groups is 1. The van der Waals surface area contributed by atoms with E-state index >= 15 is 0 Å². The molecule has 9 heteroatoms. The number of aromatic hydroxyl groups is 1. The summed E-state index contributed by atoms with van der Waals surface area (Å²) in [6.07, 6.45) is 1.13. The van der Waals surface area contributed by atoms with Crippen molar-refractivity contribution < 1.29 is 9.90 Å². The van der Waals surface area contributed by atoms with Gasteiger partial charge in [-0.05, 0) is 54.1 Å². The molecule has 0 bridgehead atoms. The number of urea groups is 1. The third kappa shape index (κ3) is 5.04. The molecule has 0 unspecified atom stereocenters. The molecule has 2 aromatic carbocycles. The first-order chi connectivity index (χ1) is 15.4. The summed E-state index contributed by atoms with van der Waals surface area (Å²) in [5.41, 5.74) is 0.814. The molecule has 158 valence electrons. The number of carbonyl (C=O) groups excluding carboxylic acids is 1. The summed E-state index contributed by atoms with van der Waals surface area (Å²) in [5, 5.41) is 33.4. The molecule has 0 aliphatic heterocycles. The second kappa shape index (κ2) is 10.1. The average molecular weight is 443 g/mol. The van der Waals surface area contributed by atoms with E-state index in [1.165, 1.54) is 6.92 Å². The van der Waals surface area contributed by atoms with Gasteiger partial charge in [-0.3, -0.25) is 9.36 Å². The number of hydrogen-bond acceptors (Lipinski definition) is 6. The minimum absolute atomic E-state index is 0.0561. The van der Waals surface area contributed by atoms with Crippen LogP contribution in [0, 0.1) is 28.9 Å². The second-order valence-corrected chi connectivity index (χ2v) is 7.49. The Morgan fingerprint density at radius 2 is 1.88 bits per heavy atom. The molecule has 0 radical (unpaired) electrons.